The van der Waals surface area contributed by atoms with Crippen LogP contribution in [0.2, 0.25) is 5.02 Å². The van der Waals surface area contributed by atoms with Crippen LogP contribution < -0.4 is 0 Å². The summed E-state index contributed by atoms with van der Waals surface area (Å²) in [7, 11) is 0. The summed E-state index contributed by atoms with van der Waals surface area (Å²) in [4.78, 5) is 13.6. The minimum atomic E-state index is -0.400. The lowest BCUT2D eigenvalue weighted by Crippen LogP contribution is -2.32. The first-order chi connectivity index (χ1) is 16.4. The van der Waals surface area contributed by atoms with Crippen LogP contribution in [0.5, 0.6) is 0 Å². The van der Waals surface area contributed by atoms with Gasteiger partial charge >= 0.3 is 0 Å². The van der Waals surface area contributed by atoms with Crippen LogP contribution in [0.25, 0.3) is 6.08 Å². The van der Waals surface area contributed by atoms with E-state index in [9.17, 15) is 13.6 Å². The van der Waals surface area contributed by atoms with E-state index in [0.717, 1.165) is 41.7 Å². The van der Waals surface area contributed by atoms with Crippen LogP contribution >= 0.6 is 11.6 Å². The molecule has 0 unspecified atom stereocenters. The van der Waals surface area contributed by atoms with Crippen molar-refractivity contribution in [2.45, 2.75) is 38.8 Å². The first-order valence-electron chi connectivity index (χ1n) is 11.3. The molecule has 1 aliphatic heterocycles. The first-order valence-corrected chi connectivity index (χ1v) is 11.7. The van der Waals surface area contributed by atoms with Crippen LogP contribution in [-0.4, -0.2) is 26.4 Å². The molecule has 2 atom stereocenters. The summed E-state index contributed by atoms with van der Waals surface area (Å²) in [6.45, 7) is 2.49. The number of nitrogens with zero attached hydrogens (tertiary/aromatic N) is 4. The molecular formula is C26H23ClF2N4O. The molecule has 1 aromatic heterocycles. The second kappa shape index (κ2) is 9.14. The van der Waals surface area contributed by atoms with Crippen molar-refractivity contribution in [3.63, 3.8) is 0 Å². The number of benzene rings is 2. The molecule has 2 aliphatic rings. The third-order valence-corrected chi connectivity index (χ3v) is 6.65. The van der Waals surface area contributed by atoms with Gasteiger partial charge in [-0.1, -0.05) is 35.9 Å². The average molecular weight is 481 g/mol. The third-order valence-electron chi connectivity index (χ3n) is 6.38. The number of hydrazone groups is 1. The predicted molar refractivity (Wildman–Crippen MR) is 127 cm³/mol. The van der Waals surface area contributed by atoms with Crippen molar-refractivity contribution in [2.24, 2.45) is 11.0 Å². The van der Waals surface area contributed by atoms with Crippen molar-refractivity contribution in [1.29, 1.82) is 0 Å². The minimum Gasteiger partial charge on any atom is -0.271 e. The number of carbonyl (C=O) groups is 1. The Balaban J connectivity index is 1.58. The van der Waals surface area contributed by atoms with Gasteiger partial charge in [0.15, 0.2) is 5.69 Å². The number of fused-ring (bicyclic) bond motifs is 1. The number of carbonyl (C=O) groups excluding carboxylic acids is 1. The summed E-state index contributed by atoms with van der Waals surface area (Å²) >= 11 is 6.34. The highest BCUT2D eigenvalue weighted by Gasteiger charge is 2.44. The fourth-order valence-corrected chi connectivity index (χ4v) is 4.97. The van der Waals surface area contributed by atoms with E-state index in [0.29, 0.717) is 6.54 Å². The fourth-order valence-electron chi connectivity index (χ4n) is 4.73. The number of hydrogen-bond acceptors (Lipinski definition) is 3. The Kier molecular flexibility index (Phi) is 6.04. The van der Waals surface area contributed by atoms with Gasteiger partial charge in [0.2, 0.25) is 0 Å². The quantitative estimate of drug-likeness (QED) is 0.441. The van der Waals surface area contributed by atoms with E-state index in [1.165, 1.54) is 29.3 Å². The van der Waals surface area contributed by atoms with Gasteiger partial charge in [0.25, 0.3) is 5.91 Å². The fraction of sp³-hybridized carbons (Fsp3) is 0.269. The number of aromatic nitrogens is 2. The summed E-state index contributed by atoms with van der Waals surface area (Å²) in [5.74, 6) is -1.08. The monoisotopic (exact) mass is 480 g/mol. The van der Waals surface area contributed by atoms with Crippen molar-refractivity contribution >= 4 is 29.3 Å². The van der Waals surface area contributed by atoms with E-state index in [4.69, 9.17) is 16.7 Å². The molecule has 2 heterocycles. The first kappa shape index (κ1) is 22.5. The van der Waals surface area contributed by atoms with Crippen molar-refractivity contribution in [2.75, 3.05) is 0 Å². The van der Waals surface area contributed by atoms with Crippen LogP contribution in [0.3, 0.4) is 0 Å². The lowest BCUT2D eigenvalue weighted by molar-refractivity contribution is 0.0674. The van der Waals surface area contributed by atoms with Gasteiger partial charge in [0.05, 0.1) is 16.8 Å². The lowest BCUT2D eigenvalue weighted by Gasteiger charge is -2.29. The van der Waals surface area contributed by atoms with Gasteiger partial charge in [-0.3, -0.25) is 9.48 Å². The van der Waals surface area contributed by atoms with Crippen molar-refractivity contribution in [3.05, 3.63) is 93.8 Å². The number of aryl methyl sites for hydroxylation is 1. The van der Waals surface area contributed by atoms with E-state index in [2.05, 4.69) is 5.10 Å². The molecule has 1 amide bonds. The third kappa shape index (κ3) is 4.16. The van der Waals surface area contributed by atoms with Gasteiger partial charge in [-0.05, 0) is 73.2 Å². The molecule has 1 saturated carbocycles. The Morgan fingerprint density at radius 2 is 1.79 bits per heavy atom. The molecule has 0 spiro atoms. The summed E-state index contributed by atoms with van der Waals surface area (Å²) in [5.41, 5.74) is 3.64. The molecule has 5 nitrogen and oxygen atoms in total. The van der Waals surface area contributed by atoms with E-state index < -0.39 is 11.9 Å². The van der Waals surface area contributed by atoms with Gasteiger partial charge < -0.3 is 0 Å². The molecule has 0 N–H and O–H groups in total. The number of rotatable bonds is 4. The molecule has 34 heavy (non-hydrogen) atoms. The van der Waals surface area contributed by atoms with Gasteiger partial charge in [-0.2, -0.15) is 10.2 Å². The topological polar surface area (TPSA) is 50.5 Å². The Bertz CT molecular complexity index is 1280. The number of allylic oxidation sites excluding steroid dienone is 1. The standard InChI is InChI=1S/C26H23ClF2N4O/c1-2-32-15-22(27)24(30-32)26(34)33-25(17-8-12-20(29)13-9-17)21-5-3-4-18(23(21)31-33)14-16-6-10-19(28)11-7-16/h6-15,21,25H,2-5H2,1H3/b18-14-/t21-,25+/m0/s1. The van der Waals surface area contributed by atoms with Crippen LogP contribution in [0.4, 0.5) is 8.78 Å². The largest absolute Gasteiger partial charge is 0.296 e. The van der Waals surface area contributed by atoms with Crippen molar-refractivity contribution in [3.8, 4) is 0 Å². The second-order valence-corrected chi connectivity index (χ2v) is 8.94. The molecule has 3 aromatic rings. The molecule has 0 saturated heterocycles. The normalized spacial score (nSPS) is 21.0. The Morgan fingerprint density at radius 1 is 1.12 bits per heavy atom. The zero-order chi connectivity index (χ0) is 23.8. The highest BCUT2D eigenvalue weighted by atomic mass is 35.5. The molecule has 0 bridgehead atoms. The maximum Gasteiger partial charge on any atom is 0.296 e. The second-order valence-electron chi connectivity index (χ2n) is 8.53. The highest BCUT2D eigenvalue weighted by molar-refractivity contribution is 6.33. The summed E-state index contributed by atoms with van der Waals surface area (Å²) < 4.78 is 28.7. The van der Waals surface area contributed by atoms with E-state index >= 15 is 0 Å². The maximum absolute atomic E-state index is 13.7. The Morgan fingerprint density at radius 3 is 2.44 bits per heavy atom. The predicted octanol–water partition coefficient (Wildman–Crippen LogP) is 6.27. The molecule has 5 rings (SSSR count). The van der Waals surface area contributed by atoms with Crippen LogP contribution in [0.1, 0.15) is 53.8 Å². The Labute approximate surface area is 201 Å². The Hall–Kier alpha value is -3.32. The van der Waals surface area contributed by atoms with Crippen LogP contribution in [0, 0.1) is 17.6 Å². The smallest absolute Gasteiger partial charge is 0.271 e. The van der Waals surface area contributed by atoms with Gasteiger partial charge in [0.1, 0.15) is 11.6 Å². The van der Waals surface area contributed by atoms with Crippen molar-refractivity contribution < 1.29 is 13.6 Å². The zero-order valence-electron chi connectivity index (χ0n) is 18.6. The molecule has 174 valence electrons. The molecule has 1 aliphatic carbocycles. The van der Waals surface area contributed by atoms with Gasteiger partial charge in [-0.25, -0.2) is 13.8 Å². The highest BCUT2D eigenvalue weighted by Crippen LogP contribution is 2.45. The molecular weight excluding hydrogens is 458 g/mol. The summed E-state index contributed by atoms with van der Waals surface area (Å²) in [5, 5.41) is 10.9. The summed E-state index contributed by atoms with van der Waals surface area (Å²) in [6.07, 6.45) is 6.18. The van der Waals surface area contributed by atoms with E-state index in [1.807, 2.05) is 13.0 Å². The number of amides is 1. The molecule has 2 aromatic carbocycles. The number of hydrogen-bond donors (Lipinski definition) is 0. The average Bonchev–Trinajstić information content (AvgIpc) is 3.42. The minimum absolute atomic E-state index is 0.0538. The molecule has 8 heteroatoms. The number of halogens is 3. The van der Waals surface area contributed by atoms with Gasteiger partial charge in [0, 0.05) is 18.7 Å². The van der Waals surface area contributed by atoms with E-state index in [1.54, 1.807) is 35.1 Å². The SMILES string of the molecule is CCn1cc(Cl)c(C(=O)N2N=C3/C(=C\c4ccc(F)cc4)CCC[C@@H]3[C@H]2c2ccc(F)cc2)n1. The summed E-state index contributed by atoms with van der Waals surface area (Å²) in [6, 6.07) is 12.1. The molecule has 1 fully saturated rings. The van der Waals surface area contributed by atoms with Crippen LogP contribution in [0.15, 0.2) is 65.4 Å². The van der Waals surface area contributed by atoms with Crippen molar-refractivity contribution in [1.82, 2.24) is 14.8 Å². The lowest BCUT2D eigenvalue weighted by atomic mass is 9.77. The van der Waals surface area contributed by atoms with Gasteiger partial charge in [-0.15, -0.1) is 0 Å². The maximum atomic E-state index is 13.7. The van der Waals surface area contributed by atoms with E-state index in [-0.39, 0.29) is 28.3 Å². The zero-order valence-corrected chi connectivity index (χ0v) is 19.3. The van der Waals surface area contributed by atoms with Crippen LogP contribution in [-0.2, 0) is 6.54 Å². The molecule has 0 radical (unpaired) electrons.